The number of aromatic carboxylic acids is 1. The minimum absolute atomic E-state index is 0. The lowest BCUT2D eigenvalue weighted by molar-refractivity contribution is -0.910. The maximum Gasteiger partial charge on any atom is 0.336 e. The summed E-state index contributed by atoms with van der Waals surface area (Å²) in [5.41, 5.74) is 0.242. The monoisotopic (exact) mass is 557 g/mol. The number of halogens is 1. The van der Waals surface area contributed by atoms with Gasteiger partial charge in [-0.15, -0.1) is 12.6 Å². The number of benzene rings is 1. The number of hydrogen-bond donors (Lipinski definition) is 2. The number of carbonyl (C=O) groups is 1. The molecule has 0 spiro atoms. The van der Waals surface area contributed by atoms with Gasteiger partial charge in [-0.3, -0.25) is 0 Å². The first kappa shape index (κ1) is 38.4. The minimum Gasteiger partial charge on any atom is -1.00 e. The lowest BCUT2D eigenvalue weighted by Gasteiger charge is -2.35. The number of thiol groups is 1. The predicted molar refractivity (Wildman–Crippen MR) is 162 cm³/mol. The summed E-state index contributed by atoms with van der Waals surface area (Å²) in [7, 11) is 2.56. The third kappa shape index (κ3) is 22.9. The molecular weight excluding hydrogens is 498 g/mol. The molecule has 0 atom stereocenters. The molecule has 0 aromatic heterocycles. The Bertz CT molecular complexity index is 600. The van der Waals surface area contributed by atoms with E-state index in [0.717, 1.165) is 0 Å². The molecule has 0 saturated carbocycles. The van der Waals surface area contributed by atoms with E-state index in [4.69, 9.17) is 5.11 Å². The van der Waals surface area contributed by atoms with Gasteiger partial charge >= 0.3 is 5.97 Å². The highest BCUT2D eigenvalue weighted by Crippen LogP contribution is 2.16. The molecule has 0 bridgehead atoms. The van der Waals surface area contributed by atoms with Crippen LogP contribution in [0.4, 0.5) is 0 Å². The van der Waals surface area contributed by atoms with Crippen molar-refractivity contribution in [3.63, 3.8) is 0 Å². The Balaban J connectivity index is 0. The first-order valence-electron chi connectivity index (χ1n) is 15.2. The first-order chi connectivity index (χ1) is 17.4. The fourth-order valence-corrected chi connectivity index (χ4v) is 5.07. The van der Waals surface area contributed by atoms with Gasteiger partial charge in [-0.25, -0.2) is 4.79 Å². The van der Waals surface area contributed by atoms with E-state index < -0.39 is 5.97 Å². The van der Waals surface area contributed by atoms with Gasteiger partial charge in [-0.05, 0) is 50.7 Å². The van der Waals surface area contributed by atoms with Crippen LogP contribution in [0.3, 0.4) is 0 Å². The molecule has 0 amide bonds. The van der Waals surface area contributed by atoms with Gasteiger partial charge < -0.3 is 22.0 Å². The van der Waals surface area contributed by atoms with Crippen molar-refractivity contribution in [2.24, 2.45) is 0 Å². The SMILES string of the molecule is CCCCCCCC[N+](C)(CCCCCCCC)CCCCCCCC.O=C(O)c1ccccc1S.[Cl-]. The van der Waals surface area contributed by atoms with Crippen molar-refractivity contribution in [2.45, 2.75) is 141 Å². The zero-order chi connectivity index (χ0) is 26.9. The Morgan fingerprint density at radius 2 is 0.973 bits per heavy atom. The second kappa shape index (κ2) is 26.9. The van der Waals surface area contributed by atoms with Crippen molar-refractivity contribution in [2.75, 3.05) is 26.7 Å². The fourth-order valence-electron chi connectivity index (χ4n) is 4.81. The zero-order valence-corrected chi connectivity index (χ0v) is 26.4. The summed E-state index contributed by atoms with van der Waals surface area (Å²) in [5.74, 6) is -0.939. The van der Waals surface area contributed by atoms with Gasteiger partial charge in [0, 0.05) is 4.90 Å². The van der Waals surface area contributed by atoms with Gasteiger partial charge in [-0.1, -0.05) is 110 Å². The average molecular weight is 558 g/mol. The highest BCUT2D eigenvalue weighted by Gasteiger charge is 2.20. The Morgan fingerprint density at radius 1 is 0.649 bits per heavy atom. The average Bonchev–Trinajstić information content (AvgIpc) is 2.86. The van der Waals surface area contributed by atoms with Gasteiger partial charge in [0.15, 0.2) is 0 Å². The van der Waals surface area contributed by atoms with E-state index in [1.165, 1.54) is 146 Å². The molecule has 0 aliphatic heterocycles. The Kier molecular flexibility index (Phi) is 27.9. The molecule has 1 aromatic carbocycles. The van der Waals surface area contributed by atoms with E-state index >= 15 is 0 Å². The molecule has 3 nitrogen and oxygen atoms in total. The van der Waals surface area contributed by atoms with Crippen molar-refractivity contribution in [3.05, 3.63) is 29.8 Å². The van der Waals surface area contributed by atoms with Gasteiger partial charge in [0.25, 0.3) is 0 Å². The highest BCUT2D eigenvalue weighted by atomic mass is 35.5. The Morgan fingerprint density at radius 3 is 1.27 bits per heavy atom. The molecule has 0 aliphatic rings. The van der Waals surface area contributed by atoms with Crippen LogP contribution in [-0.2, 0) is 0 Å². The molecule has 0 heterocycles. The summed E-state index contributed by atoms with van der Waals surface area (Å²) in [5, 5.41) is 8.52. The van der Waals surface area contributed by atoms with E-state index in [1.807, 2.05) is 0 Å². The van der Waals surface area contributed by atoms with Crippen LogP contribution in [0.2, 0.25) is 0 Å². The van der Waals surface area contributed by atoms with Crippen molar-refractivity contribution < 1.29 is 26.8 Å². The lowest BCUT2D eigenvalue weighted by Crippen LogP contribution is -3.00. The van der Waals surface area contributed by atoms with E-state index in [9.17, 15) is 4.79 Å². The summed E-state index contributed by atoms with van der Waals surface area (Å²) in [4.78, 5) is 10.9. The van der Waals surface area contributed by atoms with Gasteiger partial charge in [0.2, 0.25) is 0 Å². The highest BCUT2D eigenvalue weighted by molar-refractivity contribution is 7.80. The second-order valence-electron chi connectivity index (χ2n) is 10.9. The zero-order valence-electron chi connectivity index (χ0n) is 24.8. The van der Waals surface area contributed by atoms with Crippen LogP contribution >= 0.6 is 12.6 Å². The summed E-state index contributed by atoms with van der Waals surface area (Å²) < 4.78 is 1.36. The topological polar surface area (TPSA) is 37.3 Å². The number of quaternary nitrogens is 1. The number of nitrogens with zero attached hydrogens (tertiary/aromatic N) is 1. The fraction of sp³-hybridized carbons (Fsp3) is 0.781. The number of hydrogen-bond acceptors (Lipinski definition) is 2. The molecule has 0 aliphatic carbocycles. The van der Waals surface area contributed by atoms with Crippen LogP contribution in [0.25, 0.3) is 0 Å². The van der Waals surface area contributed by atoms with E-state index in [2.05, 4.69) is 40.4 Å². The summed E-state index contributed by atoms with van der Waals surface area (Å²) in [6.07, 6.45) is 25.9. The summed E-state index contributed by atoms with van der Waals surface area (Å²) >= 11 is 3.96. The number of unbranched alkanes of at least 4 members (excludes halogenated alkanes) is 15. The van der Waals surface area contributed by atoms with Crippen molar-refractivity contribution >= 4 is 18.6 Å². The van der Waals surface area contributed by atoms with Crippen LogP contribution in [0, 0.1) is 0 Å². The Labute approximate surface area is 242 Å². The van der Waals surface area contributed by atoms with Crippen LogP contribution in [-0.4, -0.2) is 42.2 Å². The Hall–Kier alpha value is -0.710. The van der Waals surface area contributed by atoms with Crippen LogP contribution in [0.15, 0.2) is 29.2 Å². The van der Waals surface area contributed by atoms with Crippen molar-refractivity contribution in [3.8, 4) is 0 Å². The lowest BCUT2D eigenvalue weighted by atomic mass is 10.1. The number of rotatable bonds is 22. The summed E-state index contributed by atoms with van der Waals surface area (Å²) in [6, 6.07) is 6.58. The van der Waals surface area contributed by atoms with Crippen LogP contribution in [0.5, 0.6) is 0 Å². The normalized spacial score (nSPS) is 10.9. The molecule has 1 aromatic rings. The third-order valence-corrected chi connectivity index (χ3v) is 7.68. The molecule has 0 unspecified atom stereocenters. The molecule has 0 fully saturated rings. The smallest absolute Gasteiger partial charge is 0.336 e. The molecular formula is C32H60ClNO2S. The minimum atomic E-state index is -0.939. The molecule has 1 N–H and O–H groups in total. The van der Waals surface area contributed by atoms with E-state index in [1.54, 1.807) is 18.2 Å². The standard InChI is InChI=1S/C25H54N.C7H6O2S.ClH/c1-5-8-11-14-17-20-23-26(4,24-21-18-15-12-9-6-2)25-22-19-16-13-10-7-3;8-7(9)5-3-1-2-4-6(5)10;/h5-25H2,1-4H3;1-4,10H,(H,8,9);1H/q+1;;/p-1. The maximum atomic E-state index is 10.4. The molecule has 37 heavy (non-hydrogen) atoms. The maximum absolute atomic E-state index is 10.4. The number of carboxylic acid groups (broad SMARTS) is 1. The molecule has 0 saturated heterocycles. The van der Waals surface area contributed by atoms with Gasteiger partial charge in [-0.2, -0.15) is 0 Å². The van der Waals surface area contributed by atoms with Gasteiger partial charge in [0.1, 0.15) is 0 Å². The van der Waals surface area contributed by atoms with Crippen molar-refractivity contribution in [1.29, 1.82) is 0 Å². The number of carboxylic acids is 1. The van der Waals surface area contributed by atoms with Gasteiger partial charge in [0.05, 0.1) is 32.2 Å². The van der Waals surface area contributed by atoms with Crippen LogP contribution < -0.4 is 12.4 Å². The largest absolute Gasteiger partial charge is 1.00 e. The quantitative estimate of drug-likeness (QED) is 0.0899. The first-order valence-corrected chi connectivity index (χ1v) is 15.7. The van der Waals surface area contributed by atoms with E-state index in [0.29, 0.717) is 4.90 Å². The third-order valence-electron chi connectivity index (χ3n) is 7.29. The summed E-state index contributed by atoms with van der Waals surface area (Å²) in [6.45, 7) is 11.2. The molecule has 0 radical (unpaired) electrons. The second-order valence-corrected chi connectivity index (χ2v) is 11.4. The van der Waals surface area contributed by atoms with Crippen LogP contribution in [0.1, 0.15) is 147 Å². The molecule has 218 valence electrons. The van der Waals surface area contributed by atoms with E-state index in [-0.39, 0.29) is 18.0 Å². The van der Waals surface area contributed by atoms with Crippen molar-refractivity contribution in [1.82, 2.24) is 0 Å². The molecule has 5 heteroatoms. The molecule has 1 rings (SSSR count). The predicted octanol–water partition coefficient (Wildman–Crippen LogP) is 7.19.